The number of aromatic amines is 1. The van der Waals surface area contributed by atoms with E-state index in [0.29, 0.717) is 62.6 Å². The molecule has 1 aliphatic carbocycles. The summed E-state index contributed by atoms with van der Waals surface area (Å²) in [5, 5.41) is 15.2. The van der Waals surface area contributed by atoms with Gasteiger partial charge in [0.25, 0.3) is 0 Å². The van der Waals surface area contributed by atoms with E-state index in [9.17, 15) is 18.4 Å². The Morgan fingerprint density at radius 3 is 2.53 bits per heavy atom. The maximum Gasteiger partial charge on any atom is 0.317 e. The van der Waals surface area contributed by atoms with Crippen LogP contribution >= 0.6 is 0 Å². The molecule has 2 amide bonds. The Labute approximate surface area is 247 Å². The molecule has 2 atom stereocenters. The normalized spacial score (nSPS) is 16.7. The minimum Gasteiger partial charge on any atom is -0.481 e. The Balaban J connectivity index is 1.17. The number of halogens is 2. The molecule has 0 aliphatic heterocycles. The van der Waals surface area contributed by atoms with Crippen LogP contribution in [0.25, 0.3) is 22.4 Å². The van der Waals surface area contributed by atoms with Crippen molar-refractivity contribution in [3.8, 4) is 11.4 Å². The zero-order chi connectivity index (χ0) is 30.6. The number of likely N-dealkylation sites (N-methyl/N-ethyl adjacent to an activating group) is 1. The number of aliphatic carboxylic acids is 1. The van der Waals surface area contributed by atoms with E-state index < -0.39 is 17.6 Å². The second-order valence-electron chi connectivity index (χ2n) is 10.2. The standard InChI is InChI=1S/C28H37F2N7O6/c1-37(6-8-42-10-12-43-11-9-41-7-5-24(38)39)28(40)35-20-4-2-3-19(14-20)34-27-23(30)17-33-26(36-27)22-16-32-25-21(22)13-18(29)15-31-25/h13,15-17,19-20H,2-12,14H2,1H3,(H,31,32)(H,35,40)(H,38,39)(H,33,34,36)/t19-,20+/m1/s1. The van der Waals surface area contributed by atoms with Crippen molar-refractivity contribution in [2.45, 2.75) is 44.2 Å². The third-order valence-corrected chi connectivity index (χ3v) is 6.95. The topological polar surface area (TPSA) is 164 Å². The number of rotatable bonds is 16. The van der Waals surface area contributed by atoms with Crippen LogP contribution in [0.15, 0.2) is 24.7 Å². The summed E-state index contributed by atoms with van der Waals surface area (Å²) in [5.74, 6) is -1.72. The number of carboxylic acids is 1. The Morgan fingerprint density at radius 1 is 1.05 bits per heavy atom. The predicted molar refractivity (Wildman–Crippen MR) is 153 cm³/mol. The lowest BCUT2D eigenvalue weighted by atomic mass is 9.91. The van der Waals surface area contributed by atoms with Crippen molar-refractivity contribution in [1.29, 1.82) is 0 Å². The minimum absolute atomic E-state index is 0.0391. The largest absolute Gasteiger partial charge is 0.481 e. The van der Waals surface area contributed by atoms with Gasteiger partial charge in [0, 0.05) is 42.8 Å². The lowest BCUT2D eigenvalue weighted by Gasteiger charge is -2.32. The molecule has 1 saturated carbocycles. The molecule has 4 N–H and O–H groups in total. The number of aromatic nitrogens is 4. The molecular formula is C28H37F2N7O6. The highest BCUT2D eigenvalue weighted by Crippen LogP contribution is 2.28. The molecule has 0 unspecified atom stereocenters. The molecule has 1 aliphatic rings. The monoisotopic (exact) mass is 605 g/mol. The number of carbonyl (C=O) groups excluding carboxylic acids is 1. The van der Waals surface area contributed by atoms with E-state index in [-0.39, 0.29) is 42.8 Å². The van der Waals surface area contributed by atoms with Crippen molar-refractivity contribution in [3.05, 3.63) is 36.3 Å². The number of carboxylic acid groups (broad SMARTS) is 1. The molecule has 0 spiro atoms. The number of amides is 2. The zero-order valence-corrected chi connectivity index (χ0v) is 24.0. The molecule has 0 bridgehead atoms. The van der Waals surface area contributed by atoms with Crippen LogP contribution < -0.4 is 10.6 Å². The fourth-order valence-corrected chi connectivity index (χ4v) is 4.70. The first-order valence-electron chi connectivity index (χ1n) is 14.2. The number of anilines is 1. The molecular weight excluding hydrogens is 568 g/mol. The van der Waals surface area contributed by atoms with Crippen LogP contribution in [0.4, 0.5) is 19.4 Å². The fraction of sp³-hybridized carbons (Fsp3) is 0.536. The molecule has 1 fully saturated rings. The van der Waals surface area contributed by atoms with E-state index >= 15 is 0 Å². The van der Waals surface area contributed by atoms with E-state index in [1.165, 1.54) is 6.07 Å². The van der Waals surface area contributed by atoms with Crippen molar-refractivity contribution < 1.29 is 37.7 Å². The summed E-state index contributed by atoms with van der Waals surface area (Å²) in [4.78, 5) is 40.1. The fourth-order valence-electron chi connectivity index (χ4n) is 4.70. The molecule has 0 aromatic carbocycles. The Morgan fingerprint density at radius 2 is 1.77 bits per heavy atom. The van der Waals surface area contributed by atoms with Gasteiger partial charge in [0.2, 0.25) is 0 Å². The third-order valence-electron chi connectivity index (χ3n) is 6.95. The van der Waals surface area contributed by atoms with E-state index in [1.54, 1.807) is 18.1 Å². The quantitative estimate of drug-likeness (QED) is 0.178. The van der Waals surface area contributed by atoms with Gasteiger partial charge in [-0.25, -0.2) is 28.5 Å². The van der Waals surface area contributed by atoms with Crippen molar-refractivity contribution in [2.75, 3.05) is 58.6 Å². The van der Waals surface area contributed by atoms with Crippen molar-refractivity contribution in [3.63, 3.8) is 0 Å². The van der Waals surface area contributed by atoms with Crippen molar-refractivity contribution in [2.24, 2.45) is 0 Å². The summed E-state index contributed by atoms with van der Waals surface area (Å²) >= 11 is 0. The summed E-state index contributed by atoms with van der Waals surface area (Å²) in [6, 6.07) is 0.891. The number of fused-ring (bicyclic) bond motifs is 1. The van der Waals surface area contributed by atoms with Gasteiger partial charge >= 0.3 is 12.0 Å². The smallest absolute Gasteiger partial charge is 0.317 e. The molecule has 234 valence electrons. The van der Waals surface area contributed by atoms with Gasteiger partial charge in [-0.15, -0.1) is 0 Å². The van der Waals surface area contributed by atoms with Gasteiger partial charge in [-0.2, -0.15) is 0 Å². The van der Waals surface area contributed by atoms with E-state index in [1.807, 2.05) is 0 Å². The number of pyridine rings is 1. The second-order valence-corrected chi connectivity index (χ2v) is 10.2. The summed E-state index contributed by atoms with van der Waals surface area (Å²) in [7, 11) is 1.69. The Bertz CT molecular complexity index is 1360. The van der Waals surface area contributed by atoms with Crippen LogP contribution in [0.2, 0.25) is 0 Å². The van der Waals surface area contributed by atoms with Gasteiger partial charge in [0.05, 0.1) is 58.5 Å². The molecule has 3 aromatic rings. The lowest BCUT2D eigenvalue weighted by molar-refractivity contribution is -0.138. The van der Waals surface area contributed by atoms with Crippen molar-refractivity contribution in [1.82, 2.24) is 30.2 Å². The van der Waals surface area contributed by atoms with Crippen LogP contribution in [0.1, 0.15) is 32.1 Å². The number of hydrogen-bond acceptors (Lipinski definition) is 9. The van der Waals surface area contributed by atoms with Crippen molar-refractivity contribution >= 4 is 28.9 Å². The summed E-state index contributed by atoms with van der Waals surface area (Å²) < 4.78 is 44.4. The average molecular weight is 606 g/mol. The predicted octanol–water partition coefficient (Wildman–Crippen LogP) is 3.19. The Kier molecular flexibility index (Phi) is 11.9. The molecule has 4 rings (SSSR count). The maximum absolute atomic E-state index is 14.7. The van der Waals surface area contributed by atoms with Crippen LogP contribution in [0, 0.1) is 11.6 Å². The maximum atomic E-state index is 14.7. The van der Waals surface area contributed by atoms with Gasteiger partial charge in [0.1, 0.15) is 11.5 Å². The molecule has 43 heavy (non-hydrogen) atoms. The molecule has 3 aromatic heterocycles. The molecule has 13 nitrogen and oxygen atoms in total. The molecule has 3 heterocycles. The summed E-state index contributed by atoms with van der Waals surface area (Å²) in [6.07, 6.45) is 6.79. The first-order valence-corrected chi connectivity index (χ1v) is 14.2. The van der Waals surface area contributed by atoms with Gasteiger partial charge in [-0.1, -0.05) is 0 Å². The highest BCUT2D eigenvalue weighted by molar-refractivity contribution is 5.91. The Hall–Kier alpha value is -3.95. The van der Waals surface area contributed by atoms with Gasteiger partial charge in [-0.05, 0) is 31.7 Å². The number of nitrogens with zero attached hydrogens (tertiary/aromatic N) is 4. The minimum atomic E-state index is -0.903. The zero-order valence-electron chi connectivity index (χ0n) is 24.0. The third kappa shape index (κ3) is 9.80. The number of urea groups is 1. The van der Waals surface area contributed by atoms with Crippen LogP contribution in [-0.2, 0) is 19.0 Å². The summed E-state index contributed by atoms with van der Waals surface area (Å²) in [5.41, 5.74) is 0.988. The van der Waals surface area contributed by atoms with E-state index in [0.717, 1.165) is 31.7 Å². The highest BCUT2D eigenvalue weighted by atomic mass is 19.1. The highest BCUT2D eigenvalue weighted by Gasteiger charge is 2.26. The van der Waals surface area contributed by atoms with E-state index in [4.69, 9.17) is 19.3 Å². The van der Waals surface area contributed by atoms with Gasteiger partial charge < -0.3 is 39.8 Å². The van der Waals surface area contributed by atoms with Crippen LogP contribution in [-0.4, -0.2) is 107 Å². The average Bonchev–Trinajstić information content (AvgIpc) is 3.40. The van der Waals surface area contributed by atoms with Gasteiger partial charge in [-0.3, -0.25) is 4.79 Å². The number of H-pyrrole nitrogens is 1. The number of ether oxygens (including phenoxy) is 3. The van der Waals surface area contributed by atoms with Crippen LogP contribution in [0.3, 0.4) is 0 Å². The first kappa shape index (κ1) is 32.0. The lowest BCUT2D eigenvalue weighted by Crippen LogP contribution is -2.47. The van der Waals surface area contributed by atoms with Crippen LogP contribution in [0.5, 0.6) is 0 Å². The number of hydrogen-bond donors (Lipinski definition) is 4. The molecule has 0 saturated heterocycles. The number of nitrogens with one attached hydrogen (secondary N) is 3. The molecule has 15 heteroatoms. The summed E-state index contributed by atoms with van der Waals surface area (Å²) in [6.45, 7) is 2.26. The second kappa shape index (κ2) is 16.0. The molecule has 0 radical (unpaired) electrons. The van der Waals surface area contributed by atoms with E-state index in [2.05, 4.69) is 30.6 Å². The van der Waals surface area contributed by atoms with Gasteiger partial charge in [0.15, 0.2) is 17.5 Å². The first-order chi connectivity index (χ1) is 20.8. The number of carbonyl (C=O) groups is 2. The SMILES string of the molecule is CN(CCOCCOCCOCCC(=O)O)C(=O)N[C@H]1CCC[C@@H](Nc2nc(-c3c[nH]c4ncc(F)cc34)ncc2F)C1.